The highest BCUT2D eigenvalue weighted by atomic mass is 35.5. The lowest BCUT2D eigenvalue weighted by atomic mass is 9.87. The molecule has 0 spiro atoms. The summed E-state index contributed by atoms with van der Waals surface area (Å²) in [5, 5.41) is 0.191. The van der Waals surface area contributed by atoms with Gasteiger partial charge in [-0.1, -0.05) is 38.4 Å². The molecule has 0 saturated carbocycles. The Bertz CT molecular complexity index is 369. The zero-order chi connectivity index (χ0) is 12.5. The number of halogens is 4. The molecule has 0 heterocycles. The summed E-state index contributed by atoms with van der Waals surface area (Å²) in [7, 11) is 0. The van der Waals surface area contributed by atoms with Crippen molar-refractivity contribution in [2.45, 2.75) is 32.9 Å². The van der Waals surface area contributed by atoms with E-state index in [0.717, 1.165) is 6.07 Å². The van der Waals surface area contributed by atoms with Crippen molar-refractivity contribution in [2.75, 3.05) is 0 Å². The molecule has 0 N–H and O–H groups in total. The first-order valence-corrected chi connectivity index (χ1v) is 5.48. The Morgan fingerprint density at radius 2 is 1.69 bits per heavy atom. The van der Waals surface area contributed by atoms with E-state index in [-0.39, 0.29) is 22.4 Å². The number of alkyl halides is 3. The summed E-state index contributed by atoms with van der Waals surface area (Å²) in [5.74, 6) is -0.105. The molecule has 0 aromatic heterocycles. The van der Waals surface area contributed by atoms with Crippen LogP contribution >= 0.6 is 11.6 Å². The Balaban J connectivity index is 3.35. The second-order valence-corrected chi connectivity index (χ2v) is 4.64. The van der Waals surface area contributed by atoms with Gasteiger partial charge in [-0.3, -0.25) is 0 Å². The molecular formula is C12H14ClF3. The van der Waals surface area contributed by atoms with Crippen LogP contribution in [-0.4, -0.2) is 0 Å². The number of hydrogen-bond donors (Lipinski definition) is 0. The summed E-state index contributed by atoms with van der Waals surface area (Å²) in [4.78, 5) is 0. The molecule has 0 aliphatic heterocycles. The van der Waals surface area contributed by atoms with E-state index in [0.29, 0.717) is 0 Å². The molecule has 0 radical (unpaired) electrons. The normalized spacial score (nSPS) is 14.2. The maximum Gasteiger partial charge on any atom is 0.416 e. The van der Waals surface area contributed by atoms with Gasteiger partial charge in [-0.25, -0.2) is 0 Å². The van der Waals surface area contributed by atoms with E-state index in [2.05, 4.69) is 0 Å². The van der Waals surface area contributed by atoms with E-state index >= 15 is 0 Å². The first-order chi connectivity index (χ1) is 7.25. The molecule has 1 rings (SSSR count). The van der Waals surface area contributed by atoms with Crippen molar-refractivity contribution in [3.8, 4) is 0 Å². The van der Waals surface area contributed by atoms with Gasteiger partial charge in [-0.15, -0.1) is 0 Å². The van der Waals surface area contributed by atoms with Gasteiger partial charge in [0, 0.05) is 5.02 Å². The van der Waals surface area contributed by atoms with Crippen molar-refractivity contribution in [1.82, 2.24) is 0 Å². The molecule has 1 aromatic rings. The first-order valence-electron chi connectivity index (χ1n) is 5.10. The van der Waals surface area contributed by atoms with Gasteiger partial charge in [-0.2, -0.15) is 13.2 Å². The maximum absolute atomic E-state index is 12.8. The van der Waals surface area contributed by atoms with Crippen LogP contribution in [0.2, 0.25) is 5.02 Å². The summed E-state index contributed by atoms with van der Waals surface area (Å²) in [6.45, 7) is 5.53. The molecule has 1 atom stereocenters. The molecular weight excluding hydrogens is 237 g/mol. The Labute approximate surface area is 98.4 Å². The molecule has 0 aliphatic rings. The van der Waals surface area contributed by atoms with Crippen LogP contribution in [0, 0.1) is 5.92 Å². The van der Waals surface area contributed by atoms with Gasteiger partial charge in [-0.05, 0) is 29.5 Å². The Kier molecular flexibility index (Phi) is 3.89. The summed E-state index contributed by atoms with van der Waals surface area (Å²) >= 11 is 5.87. The highest BCUT2D eigenvalue weighted by Gasteiger charge is 2.35. The molecule has 0 nitrogen and oxygen atoms in total. The second-order valence-electron chi connectivity index (χ2n) is 4.23. The predicted octanol–water partition coefficient (Wildman–Crippen LogP) is 5.12. The van der Waals surface area contributed by atoms with Crippen molar-refractivity contribution in [3.63, 3.8) is 0 Å². The Hall–Kier alpha value is -0.700. The van der Waals surface area contributed by atoms with Crippen molar-refractivity contribution in [1.29, 1.82) is 0 Å². The van der Waals surface area contributed by atoms with E-state index in [4.69, 9.17) is 11.6 Å². The third kappa shape index (κ3) is 2.70. The number of benzene rings is 1. The highest BCUT2D eigenvalue weighted by molar-refractivity contribution is 6.31. The molecule has 0 aliphatic carbocycles. The van der Waals surface area contributed by atoms with Crippen molar-refractivity contribution >= 4 is 11.6 Å². The summed E-state index contributed by atoms with van der Waals surface area (Å²) < 4.78 is 38.4. The molecule has 0 fully saturated rings. The lowest BCUT2D eigenvalue weighted by Gasteiger charge is -2.22. The van der Waals surface area contributed by atoms with E-state index in [9.17, 15) is 13.2 Å². The van der Waals surface area contributed by atoms with Crippen LogP contribution in [0.15, 0.2) is 18.2 Å². The van der Waals surface area contributed by atoms with Crippen LogP contribution in [0.4, 0.5) is 13.2 Å². The lowest BCUT2D eigenvalue weighted by molar-refractivity contribution is -0.138. The number of rotatable bonds is 2. The summed E-state index contributed by atoms with van der Waals surface area (Å²) in [5.41, 5.74) is -0.423. The third-order valence-electron chi connectivity index (χ3n) is 2.81. The third-order valence-corrected chi connectivity index (χ3v) is 3.14. The number of hydrogen-bond acceptors (Lipinski definition) is 0. The van der Waals surface area contributed by atoms with Crippen molar-refractivity contribution in [3.05, 3.63) is 34.3 Å². The molecule has 0 bridgehead atoms. The molecule has 4 heteroatoms. The van der Waals surface area contributed by atoms with Gasteiger partial charge in [0.25, 0.3) is 0 Å². The zero-order valence-electron chi connectivity index (χ0n) is 9.40. The van der Waals surface area contributed by atoms with Gasteiger partial charge in [0.15, 0.2) is 0 Å². The molecule has 0 saturated heterocycles. The minimum absolute atomic E-state index is 0.112. The molecule has 1 unspecified atom stereocenters. The van der Waals surface area contributed by atoms with Crippen LogP contribution in [-0.2, 0) is 6.18 Å². The molecule has 16 heavy (non-hydrogen) atoms. The molecule has 1 aromatic carbocycles. The van der Waals surface area contributed by atoms with Crippen LogP contribution in [0.5, 0.6) is 0 Å². The van der Waals surface area contributed by atoms with Crippen molar-refractivity contribution in [2.24, 2.45) is 5.92 Å². The van der Waals surface area contributed by atoms with E-state index in [1.54, 1.807) is 6.92 Å². The summed E-state index contributed by atoms with van der Waals surface area (Å²) in [6.07, 6.45) is -4.34. The van der Waals surface area contributed by atoms with Gasteiger partial charge in [0.1, 0.15) is 0 Å². The molecule has 90 valence electrons. The van der Waals surface area contributed by atoms with Gasteiger partial charge in [0.05, 0.1) is 5.56 Å². The lowest BCUT2D eigenvalue weighted by Crippen LogP contribution is -2.14. The topological polar surface area (TPSA) is 0 Å². The predicted molar refractivity (Wildman–Crippen MR) is 59.7 cm³/mol. The minimum Gasteiger partial charge on any atom is -0.166 e. The maximum atomic E-state index is 12.8. The quantitative estimate of drug-likeness (QED) is 0.684. The van der Waals surface area contributed by atoms with Crippen LogP contribution in [0.3, 0.4) is 0 Å². The summed E-state index contributed by atoms with van der Waals surface area (Å²) in [6, 6.07) is 3.92. The fourth-order valence-corrected chi connectivity index (χ4v) is 1.93. The van der Waals surface area contributed by atoms with Crippen molar-refractivity contribution < 1.29 is 13.2 Å². The van der Waals surface area contributed by atoms with Crippen LogP contribution in [0.1, 0.15) is 37.8 Å². The van der Waals surface area contributed by atoms with E-state index < -0.39 is 11.7 Å². The van der Waals surface area contributed by atoms with E-state index in [1.165, 1.54) is 12.1 Å². The Morgan fingerprint density at radius 3 is 2.12 bits per heavy atom. The Morgan fingerprint density at radius 1 is 1.12 bits per heavy atom. The fraction of sp³-hybridized carbons (Fsp3) is 0.500. The molecule has 0 amide bonds. The van der Waals surface area contributed by atoms with Gasteiger partial charge < -0.3 is 0 Å². The smallest absolute Gasteiger partial charge is 0.166 e. The minimum atomic E-state index is -4.34. The highest BCUT2D eigenvalue weighted by Crippen LogP contribution is 2.40. The van der Waals surface area contributed by atoms with Gasteiger partial charge in [0.2, 0.25) is 0 Å². The van der Waals surface area contributed by atoms with Gasteiger partial charge >= 0.3 is 6.18 Å². The second kappa shape index (κ2) is 4.66. The van der Waals surface area contributed by atoms with E-state index in [1.807, 2.05) is 13.8 Å². The largest absolute Gasteiger partial charge is 0.416 e. The average Bonchev–Trinajstić information content (AvgIpc) is 2.14. The van der Waals surface area contributed by atoms with Crippen LogP contribution in [0.25, 0.3) is 0 Å². The zero-order valence-corrected chi connectivity index (χ0v) is 10.2. The van der Waals surface area contributed by atoms with Crippen LogP contribution < -0.4 is 0 Å². The SMILES string of the molecule is CC(C)C(C)c1c(Cl)cccc1C(F)(F)F. The fourth-order valence-electron chi connectivity index (χ4n) is 1.58. The monoisotopic (exact) mass is 250 g/mol. The average molecular weight is 251 g/mol. The standard InChI is InChI=1S/C12H14ClF3/c1-7(2)8(3)11-9(12(14,15)16)5-4-6-10(11)13/h4-8H,1-3H3. The first kappa shape index (κ1) is 13.4.